The maximum absolute atomic E-state index is 12.4. The molecule has 0 aliphatic heterocycles. The minimum absolute atomic E-state index is 0.477. The molecule has 5 heteroatoms. The van der Waals surface area contributed by atoms with Gasteiger partial charge in [0.1, 0.15) is 0 Å². The standard InChI is InChI=1S/C13H11F3N2/c14-13(15,16)10-3-1-8(2-4-10)9-5-11(17)7-12(18)6-9/h1-7H,17-18H2. The predicted octanol–water partition coefficient (Wildman–Crippen LogP) is 3.54. The molecule has 0 bridgehead atoms. The van der Waals surface area contributed by atoms with E-state index in [2.05, 4.69) is 0 Å². The fourth-order valence-electron chi connectivity index (χ4n) is 1.69. The van der Waals surface area contributed by atoms with Gasteiger partial charge in [-0.1, -0.05) is 12.1 Å². The molecule has 0 amide bonds. The van der Waals surface area contributed by atoms with Crippen LogP contribution in [0.3, 0.4) is 0 Å². The minimum Gasteiger partial charge on any atom is -0.399 e. The molecule has 0 fully saturated rings. The normalized spacial score (nSPS) is 11.5. The van der Waals surface area contributed by atoms with Crippen LogP contribution in [0.5, 0.6) is 0 Å². The highest BCUT2D eigenvalue weighted by Gasteiger charge is 2.29. The molecule has 0 unspecified atom stereocenters. The molecule has 18 heavy (non-hydrogen) atoms. The van der Waals surface area contributed by atoms with Crippen LogP contribution in [0.2, 0.25) is 0 Å². The number of nitrogens with two attached hydrogens (primary N) is 2. The van der Waals surface area contributed by atoms with Crippen LogP contribution in [0.25, 0.3) is 11.1 Å². The maximum atomic E-state index is 12.4. The molecule has 0 radical (unpaired) electrons. The Labute approximate surface area is 102 Å². The smallest absolute Gasteiger partial charge is 0.399 e. The Morgan fingerprint density at radius 3 is 1.67 bits per heavy atom. The van der Waals surface area contributed by atoms with Crippen molar-refractivity contribution in [2.45, 2.75) is 6.18 Å². The fraction of sp³-hybridized carbons (Fsp3) is 0.0769. The van der Waals surface area contributed by atoms with Crippen molar-refractivity contribution >= 4 is 11.4 Å². The zero-order valence-corrected chi connectivity index (χ0v) is 9.33. The Bertz CT molecular complexity index is 539. The van der Waals surface area contributed by atoms with Gasteiger partial charge in [0, 0.05) is 11.4 Å². The molecule has 0 saturated heterocycles. The second-order valence-corrected chi connectivity index (χ2v) is 3.96. The molecule has 0 spiro atoms. The van der Waals surface area contributed by atoms with Crippen LogP contribution < -0.4 is 11.5 Å². The van der Waals surface area contributed by atoms with Crippen molar-refractivity contribution in [3.8, 4) is 11.1 Å². The van der Waals surface area contributed by atoms with Gasteiger partial charge in [-0.05, 0) is 41.5 Å². The van der Waals surface area contributed by atoms with Crippen LogP contribution in [0.4, 0.5) is 24.5 Å². The Morgan fingerprint density at radius 2 is 1.22 bits per heavy atom. The van der Waals surface area contributed by atoms with Gasteiger partial charge in [-0.25, -0.2) is 0 Å². The number of alkyl halides is 3. The molecular weight excluding hydrogens is 241 g/mol. The summed E-state index contributed by atoms with van der Waals surface area (Å²) in [5.74, 6) is 0. The second kappa shape index (κ2) is 4.25. The van der Waals surface area contributed by atoms with E-state index in [0.717, 1.165) is 12.1 Å². The van der Waals surface area contributed by atoms with Gasteiger partial charge in [-0.15, -0.1) is 0 Å². The molecule has 2 aromatic carbocycles. The molecule has 0 aromatic heterocycles. The zero-order chi connectivity index (χ0) is 13.3. The number of halogens is 3. The first-order valence-electron chi connectivity index (χ1n) is 5.20. The number of benzene rings is 2. The zero-order valence-electron chi connectivity index (χ0n) is 9.33. The first kappa shape index (κ1) is 12.3. The summed E-state index contributed by atoms with van der Waals surface area (Å²) in [6.07, 6.45) is -4.33. The lowest BCUT2D eigenvalue weighted by atomic mass is 10.0. The summed E-state index contributed by atoms with van der Waals surface area (Å²) >= 11 is 0. The molecule has 2 nitrogen and oxygen atoms in total. The van der Waals surface area contributed by atoms with E-state index in [1.54, 1.807) is 18.2 Å². The third-order valence-electron chi connectivity index (χ3n) is 2.52. The van der Waals surface area contributed by atoms with E-state index < -0.39 is 11.7 Å². The summed E-state index contributed by atoms with van der Waals surface area (Å²) in [4.78, 5) is 0. The molecule has 0 saturated carbocycles. The SMILES string of the molecule is Nc1cc(N)cc(-c2ccc(C(F)(F)F)cc2)c1. The molecule has 2 rings (SSSR count). The number of anilines is 2. The lowest BCUT2D eigenvalue weighted by Gasteiger charge is -2.08. The summed E-state index contributed by atoms with van der Waals surface area (Å²) in [5.41, 5.74) is 12.9. The molecule has 0 atom stereocenters. The van der Waals surface area contributed by atoms with E-state index in [4.69, 9.17) is 11.5 Å². The largest absolute Gasteiger partial charge is 0.416 e. The van der Waals surface area contributed by atoms with Gasteiger partial charge in [0.15, 0.2) is 0 Å². The van der Waals surface area contributed by atoms with E-state index in [1.807, 2.05) is 0 Å². The topological polar surface area (TPSA) is 52.0 Å². The van der Waals surface area contributed by atoms with Crippen molar-refractivity contribution in [2.75, 3.05) is 11.5 Å². The van der Waals surface area contributed by atoms with E-state index >= 15 is 0 Å². The predicted molar refractivity (Wildman–Crippen MR) is 65.7 cm³/mol. The highest BCUT2D eigenvalue weighted by molar-refractivity contribution is 5.72. The molecule has 0 aliphatic carbocycles. The molecule has 2 aromatic rings. The van der Waals surface area contributed by atoms with Gasteiger partial charge in [0.05, 0.1) is 5.56 Å². The van der Waals surface area contributed by atoms with Crippen molar-refractivity contribution in [1.29, 1.82) is 0 Å². The van der Waals surface area contributed by atoms with E-state index in [1.165, 1.54) is 12.1 Å². The van der Waals surface area contributed by atoms with Crippen LogP contribution in [0, 0.1) is 0 Å². The third kappa shape index (κ3) is 2.56. The summed E-state index contributed by atoms with van der Waals surface area (Å²) in [6.45, 7) is 0. The summed E-state index contributed by atoms with van der Waals surface area (Å²) in [7, 11) is 0. The van der Waals surface area contributed by atoms with E-state index in [0.29, 0.717) is 22.5 Å². The van der Waals surface area contributed by atoms with Crippen molar-refractivity contribution in [1.82, 2.24) is 0 Å². The van der Waals surface area contributed by atoms with Gasteiger partial charge in [-0.2, -0.15) is 13.2 Å². The molecular formula is C13H11F3N2. The third-order valence-corrected chi connectivity index (χ3v) is 2.52. The van der Waals surface area contributed by atoms with E-state index in [-0.39, 0.29) is 0 Å². The van der Waals surface area contributed by atoms with Crippen LogP contribution in [-0.2, 0) is 6.18 Å². The van der Waals surface area contributed by atoms with Crippen LogP contribution >= 0.6 is 0 Å². The Balaban J connectivity index is 2.40. The van der Waals surface area contributed by atoms with Crippen molar-refractivity contribution < 1.29 is 13.2 Å². The maximum Gasteiger partial charge on any atom is 0.416 e. The van der Waals surface area contributed by atoms with Crippen LogP contribution in [0.1, 0.15) is 5.56 Å². The van der Waals surface area contributed by atoms with Gasteiger partial charge >= 0.3 is 6.18 Å². The average molecular weight is 252 g/mol. The lowest BCUT2D eigenvalue weighted by molar-refractivity contribution is -0.137. The summed E-state index contributed by atoms with van der Waals surface area (Å²) in [5, 5.41) is 0. The van der Waals surface area contributed by atoms with Gasteiger partial charge in [-0.3, -0.25) is 0 Å². The Kier molecular flexibility index (Phi) is 2.90. The van der Waals surface area contributed by atoms with Crippen molar-refractivity contribution in [2.24, 2.45) is 0 Å². The first-order valence-corrected chi connectivity index (χ1v) is 5.20. The summed E-state index contributed by atoms with van der Waals surface area (Å²) in [6, 6.07) is 9.79. The Morgan fingerprint density at radius 1 is 0.722 bits per heavy atom. The highest BCUT2D eigenvalue weighted by Crippen LogP contribution is 2.31. The number of rotatable bonds is 1. The highest BCUT2D eigenvalue weighted by atomic mass is 19.4. The second-order valence-electron chi connectivity index (χ2n) is 3.96. The van der Waals surface area contributed by atoms with E-state index in [9.17, 15) is 13.2 Å². The quantitative estimate of drug-likeness (QED) is 0.763. The van der Waals surface area contributed by atoms with Crippen LogP contribution in [0.15, 0.2) is 42.5 Å². The minimum atomic E-state index is -4.33. The molecule has 94 valence electrons. The average Bonchev–Trinajstić information content (AvgIpc) is 2.27. The number of nitrogen functional groups attached to an aromatic ring is 2. The lowest BCUT2D eigenvalue weighted by Crippen LogP contribution is -2.04. The number of hydrogen-bond acceptors (Lipinski definition) is 2. The van der Waals surface area contributed by atoms with Crippen molar-refractivity contribution in [3.05, 3.63) is 48.0 Å². The van der Waals surface area contributed by atoms with Gasteiger partial charge in [0.25, 0.3) is 0 Å². The van der Waals surface area contributed by atoms with Gasteiger partial charge in [0.2, 0.25) is 0 Å². The fourth-order valence-corrected chi connectivity index (χ4v) is 1.69. The Hall–Kier alpha value is -2.17. The van der Waals surface area contributed by atoms with Crippen LogP contribution in [-0.4, -0.2) is 0 Å². The molecule has 0 heterocycles. The summed E-state index contributed by atoms with van der Waals surface area (Å²) < 4.78 is 37.2. The number of hydrogen-bond donors (Lipinski definition) is 2. The molecule has 0 aliphatic rings. The molecule has 4 N–H and O–H groups in total. The van der Waals surface area contributed by atoms with Gasteiger partial charge < -0.3 is 11.5 Å². The van der Waals surface area contributed by atoms with Crippen molar-refractivity contribution in [3.63, 3.8) is 0 Å². The monoisotopic (exact) mass is 252 g/mol. The first-order chi connectivity index (χ1) is 8.36.